The Kier molecular flexibility index (Phi) is 5.34. The van der Waals surface area contributed by atoms with Crippen LogP contribution in [-0.4, -0.2) is 48.0 Å². The molecule has 5 nitrogen and oxygen atoms in total. The van der Waals surface area contributed by atoms with E-state index in [1.165, 1.54) is 6.07 Å². The SMILES string of the molecule is O=C(OCC1c2ccccc2-c2ccccc21)N1C2COCC1CC(O)(c1c(F)cccc1F)C2. The van der Waals surface area contributed by atoms with E-state index in [1.807, 2.05) is 24.3 Å². The topological polar surface area (TPSA) is 59.0 Å². The molecule has 2 unspecified atom stereocenters. The molecule has 180 valence electrons. The number of amides is 1. The van der Waals surface area contributed by atoms with E-state index in [9.17, 15) is 18.7 Å². The van der Waals surface area contributed by atoms with Gasteiger partial charge in [0.15, 0.2) is 0 Å². The molecular weight excluding hydrogens is 452 g/mol. The summed E-state index contributed by atoms with van der Waals surface area (Å²) in [5.74, 6) is -1.65. The Bertz CT molecular complexity index is 1220. The van der Waals surface area contributed by atoms with Crippen molar-refractivity contribution in [2.75, 3.05) is 19.8 Å². The number of carbonyl (C=O) groups is 1. The van der Waals surface area contributed by atoms with Gasteiger partial charge in [-0.05, 0) is 34.4 Å². The average Bonchev–Trinajstić information content (AvgIpc) is 3.15. The monoisotopic (exact) mass is 477 g/mol. The van der Waals surface area contributed by atoms with Crippen LogP contribution in [0, 0.1) is 11.6 Å². The van der Waals surface area contributed by atoms with Crippen molar-refractivity contribution in [3.8, 4) is 11.1 Å². The summed E-state index contributed by atoms with van der Waals surface area (Å²) in [6.45, 7) is 0.508. The van der Waals surface area contributed by atoms with Crippen molar-refractivity contribution in [2.24, 2.45) is 0 Å². The van der Waals surface area contributed by atoms with E-state index in [2.05, 4.69) is 24.3 Å². The maximum absolute atomic E-state index is 14.5. The van der Waals surface area contributed by atoms with Crippen LogP contribution in [0.3, 0.4) is 0 Å². The molecule has 2 heterocycles. The summed E-state index contributed by atoms with van der Waals surface area (Å²) < 4.78 is 40.5. The summed E-state index contributed by atoms with van der Waals surface area (Å²) in [5.41, 5.74) is 2.45. The quantitative estimate of drug-likeness (QED) is 0.579. The number of fused-ring (bicyclic) bond motifs is 5. The van der Waals surface area contributed by atoms with Crippen LogP contribution >= 0.6 is 0 Å². The number of carbonyl (C=O) groups excluding carboxylic acids is 1. The fourth-order valence-electron chi connectivity index (χ4n) is 6.09. The molecule has 6 rings (SSSR count). The first-order valence-corrected chi connectivity index (χ1v) is 11.8. The van der Waals surface area contributed by atoms with E-state index in [0.29, 0.717) is 0 Å². The summed E-state index contributed by atoms with van der Waals surface area (Å²) in [7, 11) is 0. The molecule has 0 radical (unpaired) electrons. The van der Waals surface area contributed by atoms with Crippen LogP contribution < -0.4 is 0 Å². The second-order valence-electron chi connectivity index (χ2n) is 9.59. The molecular formula is C28H25F2NO4. The van der Waals surface area contributed by atoms with Crippen molar-refractivity contribution in [2.45, 2.75) is 36.4 Å². The summed E-state index contributed by atoms with van der Waals surface area (Å²) in [4.78, 5) is 14.9. The lowest BCUT2D eigenvalue weighted by Gasteiger charge is -2.51. The Morgan fingerprint density at radius 2 is 1.46 bits per heavy atom. The van der Waals surface area contributed by atoms with Gasteiger partial charge in [0.1, 0.15) is 18.2 Å². The van der Waals surface area contributed by atoms with Gasteiger partial charge >= 0.3 is 6.09 Å². The number of halogens is 2. The molecule has 1 amide bonds. The van der Waals surface area contributed by atoms with Crippen LogP contribution in [0.25, 0.3) is 11.1 Å². The molecule has 2 fully saturated rings. The normalized spacial score (nSPS) is 25.2. The Labute approximate surface area is 201 Å². The summed E-state index contributed by atoms with van der Waals surface area (Å²) in [5, 5.41) is 11.3. The molecule has 3 aliphatic rings. The lowest BCUT2D eigenvalue weighted by Crippen LogP contribution is -2.63. The zero-order chi connectivity index (χ0) is 24.2. The van der Waals surface area contributed by atoms with Gasteiger partial charge in [0.25, 0.3) is 0 Å². The van der Waals surface area contributed by atoms with E-state index >= 15 is 0 Å². The van der Waals surface area contributed by atoms with Crippen molar-refractivity contribution in [3.05, 3.63) is 95.1 Å². The highest BCUT2D eigenvalue weighted by Gasteiger charge is 2.51. The number of aliphatic hydroxyl groups is 1. The van der Waals surface area contributed by atoms with Gasteiger partial charge in [0, 0.05) is 18.8 Å². The van der Waals surface area contributed by atoms with Gasteiger partial charge in [-0.2, -0.15) is 0 Å². The molecule has 2 atom stereocenters. The predicted octanol–water partition coefficient (Wildman–Crippen LogP) is 4.96. The lowest BCUT2D eigenvalue weighted by atomic mass is 9.76. The van der Waals surface area contributed by atoms with Gasteiger partial charge in [-0.3, -0.25) is 4.90 Å². The fraction of sp³-hybridized carbons (Fsp3) is 0.321. The molecule has 1 N–H and O–H groups in total. The molecule has 2 saturated heterocycles. The van der Waals surface area contributed by atoms with E-state index < -0.39 is 35.4 Å². The first-order valence-electron chi connectivity index (χ1n) is 11.8. The molecule has 3 aromatic rings. The zero-order valence-corrected chi connectivity index (χ0v) is 19.0. The third-order valence-corrected chi connectivity index (χ3v) is 7.53. The molecule has 1 aliphatic carbocycles. The minimum Gasteiger partial charge on any atom is -0.448 e. The van der Waals surface area contributed by atoms with Crippen LogP contribution in [-0.2, 0) is 15.1 Å². The highest BCUT2D eigenvalue weighted by atomic mass is 19.1. The first kappa shape index (κ1) is 22.2. The third kappa shape index (κ3) is 3.61. The van der Waals surface area contributed by atoms with Gasteiger partial charge < -0.3 is 14.6 Å². The maximum Gasteiger partial charge on any atom is 0.410 e. The number of hydrogen-bond donors (Lipinski definition) is 1. The number of morpholine rings is 1. The zero-order valence-electron chi connectivity index (χ0n) is 19.0. The number of hydrogen-bond acceptors (Lipinski definition) is 4. The molecule has 2 bridgehead atoms. The minimum absolute atomic E-state index is 0.0362. The summed E-state index contributed by atoms with van der Waals surface area (Å²) in [6.07, 6.45) is -0.571. The molecule has 35 heavy (non-hydrogen) atoms. The average molecular weight is 478 g/mol. The van der Waals surface area contributed by atoms with E-state index in [-0.39, 0.29) is 44.1 Å². The molecule has 7 heteroatoms. The molecule has 0 spiro atoms. The van der Waals surface area contributed by atoms with Crippen LogP contribution in [0.5, 0.6) is 0 Å². The number of benzene rings is 3. The highest BCUT2D eigenvalue weighted by molar-refractivity contribution is 5.79. The van der Waals surface area contributed by atoms with Crippen LogP contribution in [0.15, 0.2) is 66.7 Å². The van der Waals surface area contributed by atoms with Gasteiger partial charge in [0.2, 0.25) is 0 Å². The number of nitrogens with zero attached hydrogens (tertiary/aromatic N) is 1. The van der Waals surface area contributed by atoms with Crippen molar-refractivity contribution in [3.63, 3.8) is 0 Å². The van der Waals surface area contributed by atoms with Crippen LogP contribution in [0.1, 0.15) is 35.4 Å². The third-order valence-electron chi connectivity index (χ3n) is 7.53. The van der Waals surface area contributed by atoms with E-state index in [4.69, 9.17) is 9.47 Å². The van der Waals surface area contributed by atoms with Crippen molar-refractivity contribution >= 4 is 6.09 Å². The van der Waals surface area contributed by atoms with Crippen LogP contribution in [0.4, 0.5) is 13.6 Å². The van der Waals surface area contributed by atoms with Crippen molar-refractivity contribution < 1.29 is 28.2 Å². The van der Waals surface area contributed by atoms with Crippen molar-refractivity contribution in [1.29, 1.82) is 0 Å². The largest absolute Gasteiger partial charge is 0.448 e. The fourth-order valence-corrected chi connectivity index (χ4v) is 6.09. The Balaban J connectivity index is 1.22. The van der Waals surface area contributed by atoms with E-state index in [1.54, 1.807) is 4.90 Å². The number of rotatable bonds is 3. The maximum atomic E-state index is 14.5. The predicted molar refractivity (Wildman–Crippen MR) is 125 cm³/mol. The van der Waals surface area contributed by atoms with Gasteiger partial charge in [-0.1, -0.05) is 54.6 Å². The summed E-state index contributed by atoms with van der Waals surface area (Å²) in [6, 6.07) is 18.7. The van der Waals surface area contributed by atoms with E-state index in [0.717, 1.165) is 34.4 Å². The van der Waals surface area contributed by atoms with Gasteiger partial charge in [-0.15, -0.1) is 0 Å². The van der Waals surface area contributed by atoms with Crippen molar-refractivity contribution in [1.82, 2.24) is 4.90 Å². The second-order valence-corrected chi connectivity index (χ2v) is 9.59. The van der Waals surface area contributed by atoms with Gasteiger partial charge in [-0.25, -0.2) is 13.6 Å². The standard InChI is InChI=1S/C28H25F2NO4/c29-24-10-5-11-25(30)26(24)28(33)12-17-14-34-15-18(13-28)31(17)27(32)35-16-23-21-8-3-1-6-19(21)20-7-2-4-9-22(20)23/h1-11,17-18,23,33H,12-16H2. The molecule has 2 aliphatic heterocycles. The molecule has 3 aromatic carbocycles. The smallest absolute Gasteiger partial charge is 0.410 e. The Morgan fingerprint density at radius 1 is 0.914 bits per heavy atom. The minimum atomic E-state index is -1.73. The molecule has 0 aromatic heterocycles. The lowest BCUT2D eigenvalue weighted by molar-refractivity contribution is -0.138. The second kappa shape index (κ2) is 8.43. The Hall–Kier alpha value is -3.29. The Morgan fingerprint density at radius 3 is 2.03 bits per heavy atom. The number of ether oxygens (including phenoxy) is 2. The number of piperidine rings is 1. The summed E-state index contributed by atoms with van der Waals surface area (Å²) >= 11 is 0. The van der Waals surface area contributed by atoms with Crippen LogP contribution in [0.2, 0.25) is 0 Å². The van der Waals surface area contributed by atoms with Gasteiger partial charge in [0.05, 0.1) is 36.5 Å². The highest BCUT2D eigenvalue weighted by Crippen LogP contribution is 2.46. The molecule has 0 saturated carbocycles. The first-order chi connectivity index (χ1) is 17.0.